The van der Waals surface area contributed by atoms with Crippen LogP contribution in [-0.2, 0) is 13.1 Å². The van der Waals surface area contributed by atoms with Gasteiger partial charge in [0, 0.05) is 19.1 Å². The molecule has 1 N–H and O–H groups in total. The maximum atomic E-state index is 5.75. The Balaban J connectivity index is 1.58. The molecule has 1 aromatic heterocycles. The molecule has 0 radical (unpaired) electrons. The van der Waals surface area contributed by atoms with Crippen LogP contribution in [0, 0.1) is 0 Å². The first kappa shape index (κ1) is 12.2. The molecule has 1 fully saturated rings. The van der Waals surface area contributed by atoms with Gasteiger partial charge in [0.15, 0.2) is 5.75 Å². The topological polar surface area (TPSA) is 39.1 Å². The molecule has 1 aromatic carbocycles. The molecule has 19 heavy (non-hydrogen) atoms. The van der Waals surface area contributed by atoms with Gasteiger partial charge < -0.3 is 10.1 Å². The first-order valence-electron chi connectivity index (χ1n) is 6.86. The van der Waals surface area contributed by atoms with Gasteiger partial charge in [-0.2, -0.15) is 5.10 Å². The van der Waals surface area contributed by atoms with E-state index in [1.165, 1.54) is 18.4 Å². The van der Waals surface area contributed by atoms with Gasteiger partial charge in [0.25, 0.3) is 0 Å². The molecule has 4 nitrogen and oxygen atoms in total. The lowest BCUT2D eigenvalue weighted by molar-refractivity contribution is 0.481. The first-order chi connectivity index (χ1) is 9.33. The summed E-state index contributed by atoms with van der Waals surface area (Å²) in [5, 5.41) is 7.68. The summed E-state index contributed by atoms with van der Waals surface area (Å²) in [7, 11) is 0. The van der Waals surface area contributed by atoms with Crippen molar-refractivity contribution in [1.29, 1.82) is 0 Å². The van der Waals surface area contributed by atoms with Crippen molar-refractivity contribution in [2.45, 2.75) is 38.9 Å². The van der Waals surface area contributed by atoms with Crippen LogP contribution >= 0.6 is 0 Å². The lowest BCUT2D eigenvalue weighted by Crippen LogP contribution is -2.14. The van der Waals surface area contributed by atoms with Gasteiger partial charge >= 0.3 is 0 Å². The van der Waals surface area contributed by atoms with Crippen molar-refractivity contribution in [1.82, 2.24) is 15.1 Å². The predicted molar refractivity (Wildman–Crippen MR) is 74.3 cm³/mol. The zero-order valence-electron chi connectivity index (χ0n) is 11.2. The highest BCUT2D eigenvalue weighted by atomic mass is 16.5. The van der Waals surface area contributed by atoms with Crippen LogP contribution in [0.3, 0.4) is 0 Å². The number of hydrogen-bond donors (Lipinski definition) is 1. The van der Waals surface area contributed by atoms with E-state index in [0.29, 0.717) is 0 Å². The lowest BCUT2D eigenvalue weighted by atomic mass is 10.2. The van der Waals surface area contributed by atoms with Gasteiger partial charge in [0.1, 0.15) is 5.75 Å². The number of nitrogens with one attached hydrogen (secondary N) is 1. The molecular formula is C15H19N3O. The third kappa shape index (κ3) is 3.35. The van der Waals surface area contributed by atoms with E-state index >= 15 is 0 Å². The van der Waals surface area contributed by atoms with Crippen molar-refractivity contribution in [3.05, 3.63) is 42.2 Å². The third-order valence-corrected chi connectivity index (χ3v) is 3.26. The molecule has 0 bridgehead atoms. The highest BCUT2D eigenvalue weighted by Gasteiger charge is 2.19. The molecule has 4 heteroatoms. The SMILES string of the molecule is CCn1cc(Oc2ccc(CNC3CC3)cc2)cn1. The van der Waals surface area contributed by atoms with Gasteiger partial charge in [-0.15, -0.1) is 0 Å². The second kappa shape index (κ2) is 5.45. The third-order valence-electron chi connectivity index (χ3n) is 3.26. The molecule has 0 atom stereocenters. The molecule has 0 unspecified atom stereocenters. The van der Waals surface area contributed by atoms with Crippen molar-refractivity contribution in [3.8, 4) is 11.5 Å². The van der Waals surface area contributed by atoms with E-state index in [0.717, 1.165) is 30.6 Å². The van der Waals surface area contributed by atoms with Gasteiger partial charge in [-0.25, -0.2) is 0 Å². The van der Waals surface area contributed by atoms with Crippen LogP contribution in [0.4, 0.5) is 0 Å². The summed E-state index contributed by atoms with van der Waals surface area (Å²) in [4.78, 5) is 0. The van der Waals surface area contributed by atoms with Crippen LogP contribution in [0.2, 0.25) is 0 Å². The summed E-state index contributed by atoms with van der Waals surface area (Å²) in [6.07, 6.45) is 6.29. The Hall–Kier alpha value is -1.81. The fraction of sp³-hybridized carbons (Fsp3) is 0.400. The smallest absolute Gasteiger partial charge is 0.165 e. The Kier molecular flexibility index (Phi) is 3.51. The molecule has 3 rings (SSSR count). The molecular weight excluding hydrogens is 238 g/mol. The Bertz CT molecular complexity index is 529. The lowest BCUT2D eigenvalue weighted by Gasteiger charge is -2.05. The number of nitrogens with zero attached hydrogens (tertiary/aromatic N) is 2. The van der Waals surface area contributed by atoms with Crippen molar-refractivity contribution in [2.24, 2.45) is 0 Å². The standard InChI is InChI=1S/C15H19N3O/c1-2-18-11-15(10-17-18)19-14-7-3-12(4-8-14)9-16-13-5-6-13/h3-4,7-8,10-11,13,16H,2,5-6,9H2,1H3. The molecule has 1 saturated carbocycles. The molecule has 1 heterocycles. The number of aromatic nitrogens is 2. The summed E-state index contributed by atoms with van der Waals surface area (Å²) in [5.74, 6) is 1.64. The fourth-order valence-electron chi connectivity index (χ4n) is 1.93. The second-order valence-electron chi connectivity index (χ2n) is 4.93. The summed E-state index contributed by atoms with van der Waals surface area (Å²) < 4.78 is 7.60. The van der Waals surface area contributed by atoms with Gasteiger partial charge in [-0.05, 0) is 37.5 Å². The molecule has 1 aliphatic rings. The second-order valence-corrected chi connectivity index (χ2v) is 4.93. The minimum atomic E-state index is 0.746. The van der Waals surface area contributed by atoms with E-state index in [1.54, 1.807) is 6.20 Å². The molecule has 0 amide bonds. The monoisotopic (exact) mass is 257 g/mol. The Morgan fingerprint density at radius 3 is 2.68 bits per heavy atom. The summed E-state index contributed by atoms with van der Waals surface area (Å²) >= 11 is 0. The van der Waals surface area contributed by atoms with Crippen LogP contribution in [0.5, 0.6) is 11.5 Å². The number of rotatable bonds is 6. The van der Waals surface area contributed by atoms with Gasteiger partial charge in [0.05, 0.1) is 12.4 Å². The van der Waals surface area contributed by atoms with Crippen LogP contribution in [0.1, 0.15) is 25.3 Å². The van der Waals surface area contributed by atoms with E-state index in [9.17, 15) is 0 Å². The maximum Gasteiger partial charge on any atom is 0.165 e. The Labute approximate surface area is 113 Å². The Morgan fingerprint density at radius 2 is 2.05 bits per heavy atom. The first-order valence-corrected chi connectivity index (χ1v) is 6.86. The Morgan fingerprint density at radius 1 is 1.26 bits per heavy atom. The minimum absolute atomic E-state index is 0.746. The predicted octanol–water partition coefficient (Wildman–Crippen LogP) is 2.95. The maximum absolute atomic E-state index is 5.75. The van der Waals surface area contributed by atoms with Crippen molar-refractivity contribution in [3.63, 3.8) is 0 Å². The molecule has 2 aromatic rings. The number of aryl methyl sites for hydroxylation is 1. The zero-order valence-corrected chi connectivity index (χ0v) is 11.2. The largest absolute Gasteiger partial charge is 0.454 e. The molecule has 0 aliphatic heterocycles. The number of hydrogen-bond acceptors (Lipinski definition) is 3. The molecule has 0 spiro atoms. The normalized spacial score (nSPS) is 14.6. The van der Waals surface area contributed by atoms with Crippen molar-refractivity contribution in [2.75, 3.05) is 0 Å². The van der Waals surface area contributed by atoms with E-state index in [1.807, 2.05) is 23.0 Å². The van der Waals surface area contributed by atoms with Gasteiger partial charge in [-0.1, -0.05) is 12.1 Å². The number of ether oxygens (including phenoxy) is 1. The average molecular weight is 257 g/mol. The minimum Gasteiger partial charge on any atom is -0.454 e. The number of benzene rings is 1. The summed E-state index contributed by atoms with van der Waals surface area (Å²) in [6.45, 7) is 3.85. The average Bonchev–Trinajstić information content (AvgIpc) is 3.17. The van der Waals surface area contributed by atoms with Gasteiger partial charge in [0.2, 0.25) is 0 Å². The fourth-order valence-corrected chi connectivity index (χ4v) is 1.93. The highest BCUT2D eigenvalue weighted by molar-refractivity contribution is 5.31. The quantitative estimate of drug-likeness (QED) is 0.864. The molecule has 0 saturated heterocycles. The van der Waals surface area contributed by atoms with Crippen LogP contribution < -0.4 is 10.1 Å². The molecule has 1 aliphatic carbocycles. The van der Waals surface area contributed by atoms with E-state index < -0.39 is 0 Å². The van der Waals surface area contributed by atoms with Crippen LogP contribution in [0.25, 0.3) is 0 Å². The van der Waals surface area contributed by atoms with Crippen LogP contribution in [-0.4, -0.2) is 15.8 Å². The van der Waals surface area contributed by atoms with Crippen molar-refractivity contribution >= 4 is 0 Å². The highest BCUT2D eigenvalue weighted by Crippen LogP contribution is 2.22. The van der Waals surface area contributed by atoms with E-state index in [2.05, 4.69) is 29.5 Å². The van der Waals surface area contributed by atoms with E-state index in [-0.39, 0.29) is 0 Å². The van der Waals surface area contributed by atoms with Crippen LogP contribution in [0.15, 0.2) is 36.7 Å². The summed E-state index contributed by atoms with van der Waals surface area (Å²) in [5.41, 5.74) is 1.29. The molecule has 100 valence electrons. The van der Waals surface area contributed by atoms with Gasteiger partial charge in [-0.3, -0.25) is 4.68 Å². The zero-order chi connectivity index (χ0) is 13.1. The van der Waals surface area contributed by atoms with E-state index in [4.69, 9.17) is 4.74 Å². The van der Waals surface area contributed by atoms with Crippen molar-refractivity contribution < 1.29 is 4.74 Å². The summed E-state index contributed by atoms with van der Waals surface area (Å²) in [6, 6.07) is 8.97.